The number of benzene rings is 1. The number of halogens is 1. The molecule has 12 heteroatoms. The van der Waals surface area contributed by atoms with Crippen molar-refractivity contribution < 1.29 is 14.3 Å². The Morgan fingerprint density at radius 3 is 2.62 bits per heavy atom. The van der Waals surface area contributed by atoms with Gasteiger partial charge in [-0.05, 0) is 63.0 Å². The lowest BCUT2D eigenvalue weighted by Gasteiger charge is -2.32. The fourth-order valence-electron chi connectivity index (χ4n) is 5.88. The number of carbonyl (C=O) groups is 1. The minimum Gasteiger partial charge on any atom is -0.391 e. The summed E-state index contributed by atoms with van der Waals surface area (Å²) >= 11 is 1.29. The fraction of sp³-hybridized carbons (Fsp3) is 0.433. The summed E-state index contributed by atoms with van der Waals surface area (Å²) in [5, 5.41) is 20.2. The largest absolute Gasteiger partial charge is 0.391 e. The minimum atomic E-state index is -0.401. The Balaban J connectivity index is 1.22. The van der Waals surface area contributed by atoms with E-state index >= 15 is 0 Å². The number of nitrogens with zero attached hydrogens (tertiary/aromatic N) is 8. The molecule has 4 aromatic rings. The Bertz CT molecular complexity index is 1640. The Hall–Kier alpha value is -3.92. The van der Waals surface area contributed by atoms with E-state index < -0.39 is 6.10 Å². The zero-order valence-electron chi connectivity index (χ0n) is 23.7. The molecule has 0 aliphatic carbocycles. The third kappa shape index (κ3) is 5.47. The molecule has 1 aromatic carbocycles. The first-order chi connectivity index (χ1) is 20.3. The van der Waals surface area contributed by atoms with Crippen LogP contribution < -0.4 is 4.90 Å². The van der Waals surface area contributed by atoms with Gasteiger partial charge in [0.05, 0.1) is 30.2 Å². The molecule has 1 N–H and O–H groups in total. The van der Waals surface area contributed by atoms with E-state index in [-0.39, 0.29) is 17.6 Å². The average Bonchev–Trinajstić information content (AvgIpc) is 3.73. The van der Waals surface area contributed by atoms with Gasteiger partial charge in [0.25, 0.3) is 0 Å². The van der Waals surface area contributed by atoms with Crippen molar-refractivity contribution in [3.63, 3.8) is 0 Å². The molecule has 0 radical (unpaired) electrons. The number of rotatable bonds is 7. The molecule has 2 saturated heterocycles. The summed E-state index contributed by atoms with van der Waals surface area (Å²) in [6, 6.07) is 8.25. The van der Waals surface area contributed by atoms with Gasteiger partial charge in [-0.3, -0.25) is 19.1 Å². The number of anilines is 2. The molecule has 5 heterocycles. The Morgan fingerprint density at radius 1 is 1.19 bits per heavy atom. The van der Waals surface area contributed by atoms with Gasteiger partial charge in [0.2, 0.25) is 5.91 Å². The number of aryl methyl sites for hydroxylation is 1. The Morgan fingerprint density at radius 2 is 1.95 bits per heavy atom. The number of nitriles is 1. The van der Waals surface area contributed by atoms with Crippen molar-refractivity contribution in [2.24, 2.45) is 0 Å². The van der Waals surface area contributed by atoms with Crippen LogP contribution in [0.5, 0.6) is 0 Å². The monoisotopic (exact) mass is 588 g/mol. The summed E-state index contributed by atoms with van der Waals surface area (Å²) in [5.74, 6) is 0.882. The van der Waals surface area contributed by atoms with Gasteiger partial charge in [0.1, 0.15) is 28.3 Å². The number of carbonyl (C=O) groups excluding carboxylic acids is 1. The van der Waals surface area contributed by atoms with Gasteiger partial charge in [-0.15, -0.1) is 0 Å². The maximum Gasteiger partial charge on any atom is 0.236 e. The number of aromatic nitrogens is 4. The van der Waals surface area contributed by atoms with Crippen molar-refractivity contribution in [3.05, 3.63) is 58.7 Å². The highest BCUT2D eigenvalue weighted by molar-refractivity contribution is 7.16. The van der Waals surface area contributed by atoms with Crippen LogP contribution in [0.1, 0.15) is 48.4 Å². The van der Waals surface area contributed by atoms with Gasteiger partial charge < -0.3 is 14.9 Å². The molecule has 1 atom stereocenters. The number of imidazole rings is 1. The SMILES string of the molecule is CCc1nc2cnc(C3CCN(CC(=O)N4CCC(O)C4)CC3)cn2c1N(C)c1nc(-c2ccc(F)cc2)c(C#N)s1. The van der Waals surface area contributed by atoms with Crippen molar-refractivity contribution in [2.75, 3.05) is 44.7 Å². The van der Waals surface area contributed by atoms with Crippen LogP contribution in [0, 0.1) is 17.1 Å². The molecule has 0 bridgehead atoms. The van der Waals surface area contributed by atoms with Gasteiger partial charge in [0, 0.05) is 37.8 Å². The van der Waals surface area contributed by atoms with Crippen LogP contribution in [-0.2, 0) is 11.2 Å². The second-order valence-corrected chi connectivity index (χ2v) is 11.9. The Kier molecular flexibility index (Phi) is 7.90. The highest BCUT2D eigenvalue weighted by Crippen LogP contribution is 2.37. The number of hydrogen-bond donors (Lipinski definition) is 1. The molecule has 2 fully saturated rings. The third-order valence-corrected chi connectivity index (χ3v) is 9.26. The first-order valence-corrected chi connectivity index (χ1v) is 15.1. The van der Waals surface area contributed by atoms with E-state index in [0.29, 0.717) is 53.7 Å². The number of thiazole rings is 1. The first-order valence-electron chi connectivity index (χ1n) is 14.3. The van der Waals surface area contributed by atoms with E-state index in [2.05, 4.69) is 28.5 Å². The van der Waals surface area contributed by atoms with Crippen LogP contribution in [0.2, 0.25) is 0 Å². The van der Waals surface area contributed by atoms with E-state index in [1.165, 1.54) is 23.5 Å². The third-order valence-electron chi connectivity index (χ3n) is 8.23. The molecule has 10 nitrogen and oxygen atoms in total. The predicted molar refractivity (Wildman–Crippen MR) is 158 cm³/mol. The van der Waals surface area contributed by atoms with E-state index in [9.17, 15) is 19.6 Å². The number of likely N-dealkylation sites (tertiary alicyclic amines) is 2. The highest BCUT2D eigenvalue weighted by Gasteiger charge is 2.29. The summed E-state index contributed by atoms with van der Waals surface area (Å²) in [5.41, 5.74) is 3.84. The molecular weight excluding hydrogens is 555 g/mol. The van der Waals surface area contributed by atoms with Crippen LogP contribution in [0.25, 0.3) is 16.9 Å². The van der Waals surface area contributed by atoms with Gasteiger partial charge >= 0.3 is 0 Å². The van der Waals surface area contributed by atoms with Crippen LogP contribution in [0.3, 0.4) is 0 Å². The molecule has 3 aromatic heterocycles. The topological polar surface area (TPSA) is 114 Å². The van der Waals surface area contributed by atoms with Crippen LogP contribution >= 0.6 is 11.3 Å². The van der Waals surface area contributed by atoms with E-state index in [0.717, 1.165) is 48.8 Å². The second kappa shape index (κ2) is 11.8. The van der Waals surface area contributed by atoms with Gasteiger partial charge in [-0.1, -0.05) is 18.3 Å². The standard InChI is InChI=1S/C30H33FN8O2S/c1-3-23-29(36(2)30-35-28(25(14-32)42-30)20-4-6-21(31)7-5-20)39-17-24(33-15-26(39)34-23)19-8-11-37(12-9-19)18-27(41)38-13-10-22(40)16-38/h4-7,15,17,19,22,40H,3,8-13,16,18H2,1-2H3. The number of amides is 1. The fourth-order valence-corrected chi connectivity index (χ4v) is 6.73. The molecule has 2 aliphatic rings. The maximum atomic E-state index is 13.5. The molecule has 42 heavy (non-hydrogen) atoms. The molecular formula is C30H33FN8O2S. The van der Waals surface area contributed by atoms with Crippen molar-refractivity contribution in [1.29, 1.82) is 5.26 Å². The first kappa shape index (κ1) is 28.2. The van der Waals surface area contributed by atoms with Crippen molar-refractivity contribution >= 4 is 33.8 Å². The lowest BCUT2D eigenvalue weighted by atomic mass is 9.94. The Labute approximate surface area is 247 Å². The molecule has 218 valence electrons. The van der Waals surface area contributed by atoms with Gasteiger partial charge in [-0.25, -0.2) is 14.4 Å². The summed E-state index contributed by atoms with van der Waals surface area (Å²) < 4.78 is 15.6. The van der Waals surface area contributed by atoms with Gasteiger partial charge in [0.15, 0.2) is 10.8 Å². The van der Waals surface area contributed by atoms with E-state index in [1.54, 1.807) is 17.0 Å². The van der Waals surface area contributed by atoms with E-state index in [4.69, 9.17) is 15.0 Å². The highest BCUT2D eigenvalue weighted by atomic mass is 32.1. The number of piperidine rings is 1. The molecule has 6 rings (SSSR count). The maximum absolute atomic E-state index is 13.5. The number of fused-ring (bicyclic) bond motifs is 1. The lowest BCUT2D eigenvalue weighted by Crippen LogP contribution is -2.42. The number of β-amino-alcohol motifs (C(OH)–C–C–N with tert-alkyl or cyclic N) is 1. The molecule has 1 unspecified atom stereocenters. The quantitative estimate of drug-likeness (QED) is 0.345. The molecule has 1 amide bonds. The minimum absolute atomic E-state index is 0.0899. The summed E-state index contributed by atoms with van der Waals surface area (Å²) in [7, 11) is 1.92. The zero-order chi connectivity index (χ0) is 29.4. The zero-order valence-corrected chi connectivity index (χ0v) is 24.5. The average molecular weight is 589 g/mol. The molecule has 0 spiro atoms. The predicted octanol–water partition coefficient (Wildman–Crippen LogP) is 3.97. The second-order valence-electron chi connectivity index (χ2n) is 11.0. The molecule has 0 saturated carbocycles. The van der Waals surface area contributed by atoms with Crippen LogP contribution in [0.15, 0.2) is 36.7 Å². The number of aliphatic hydroxyl groups is 1. The lowest BCUT2D eigenvalue weighted by molar-refractivity contribution is -0.132. The van der Waals surface area contributed by atoms with Crippen LogP contribution in [0.4, 0.5) is 15.3 Å². The number of aliphatic hydroxyl groups excluding tert-OH is 1. The summed E-state index contributed by atoms with van der Waals surface area (Å²) in [4.78, 5) is 33.4. The summed E-state index contributed by atoms with van der Waals surface area (Å²) in [6.07, 6.45) is 6.63. The summed E-state index contributed by atoms with van der Waals surface area (Å²) in [6.45, 7) is 5.14. The number of hydrogen-bond acceptors (Lipinski definition) is 9. The normalized spacial score (nSPS) is 18.1. The van der Waals surface area contributed by atoms with Crippen molar-refractivity contribution in [1.82, 2.24) is 29.2 Å². The van der Waals surface area contributed by atoms with Gasteiger partial charge in [-0.2, -0.15) is 5.26 Å². The van der Waals surface area contributed by atoms with Crippen LogP contribution in [-0.4, -0.2) is 86.0 Å². The molecule has 2 aliphatic heterocycles. The smallest absolute Gasteiger partial charge is 0.236 e. The van der Waals surface area contributed by atoms with Crippen molar-refractivity contribution in [3.8, 4) is 17.3 Å². The van der Waals surface area contributed by atoms with Crippen molar-refractivity contribution in [2.45, 2.75) is 44.6 Å². The van der Waals surface area contributed by atoms with E-state index in [1.807, 2.05) is 18.1 Å².